The number of halogens is 7. The number of carboxylic acids is 1. The zero-order chi connectivity index (χ0) is 24.8. The minimum atomic E-state index is -4.84. The van der Waals surface area contributed by atoms with Crippen LogP contribution in [0.4, 0.5) is 30.7 Å². The van der Waals surface area contributed by atoms with Gasteiger partial charge in [0.05, 0.1) is 18.1 Å². The molecule has 0 radical (unpaired) electrons. The molecule has 0 atom stereocenters. The predicted octanol–water partition coefficient (Wildman–Crippen LogP) is 4.91. The number of alkyl halides is 6. The molecule has 0 aliphatic carbocycles. The van der Waals surface area contributed by atoms with E-state index in [1.54, 1.807) is 0 Å². The first-order chi connectivity index (χ1) is 15.1. The second-order valence-corrected chi connectivity index (χ2v) is 7.18. The van der Waals surface area contributed by atoms with Gasteiger partial charge in [0.1, 0.15) is 17.3 Å². The Labute approximate surface area is 180 Å². The van der Waals surface area contributed by atoms with Crippen LogP contribution >= 0.6 is 0 Å². The predicted molar refractivity (Wildman–Crippen MR) is 97.3 cm³/mol. The van der Waals surface area contributed by atoms with Crippen molar-refractivity contribution in [2.45, 2.75) is 31.8 Å². The number of carbonyl (C=O) groups is 1. The molecule has 0 aliphatic rings. The highest BCUT2D eigenvalue weighted by Crippen LogP contribution is 2.36. The van der Waals surface area contributed by atoms with Crippen molar-refractivity contribution in [1.82, 2.24) is 19.7 Å². The fourth-order valence-corrected chi connectivity index (χ4v) is 2.59. The smallest absolute Gasteiger partial charge is 0.451 e. The largest absolute Gasteiger partial charge is 0.478 e. The zero-order valence-corrected chi connectivity index (χ0v) is 16.7. The maximum absolute atomic E-state index is 14.2. The van der Waals surface area contributed by atoms with Crippen molar-refractivity contribution in [3.8, 4) is 22.7 Å². The van der Waals surface area contributed by atoms with E-state index in [9.17, 15) is 40.6 Å². The highest BCUT2D eigenvalue weighted by Gasteiger charge is 2.50. The van der Waals surface area contributed by atoms with Crippen LogP contribution in [0.25, 0.3) is 16.9 Å². The molecule has 3 aromatic rings. The van der Waals surface area contributed by atoms with E-state index in [4.69, 9.17) is 4.74 Å². The second-order valence-electron chi connectivity index (χ2n) is 7.18. The van der Waals surface area contributed by atoms with E-state index in [1.807, 2.05) is 0 Å². The normalized spacial score (nSPS) is 12.6. The Kier molecular flexibility index (Phi) is 5.81. The summed E-state index contributed by atoms with van der Waals surface area (Å²) in [5, 5.41) is 13.0. The monoisotopic (exact) mass is 478 g/mol. The third-order valence-electron chi connectivity index (χ3n) is 4.29. The summed E-state index contributed by atoms with van der Waals surface area (Å²) in [4.78, 5) is 17.7. The van der Waals surface area contributed by atoms with E-state index < -0.39 is 47.0 Å². The van der Waals surface area contributed by atoms with Gasteiger partial charge < -0.3 is 9.84 Å². The van der Waals surface area contributed by atoms with Crippen molar-refractivity contribution >= 4 is 5.97 Å². The summed E-state index contributed by atoms with van der Waals surface area (Å²) in [6.45, 7) is 1.45. The van der Waals surface area contributed by atoms with Crippen LogP contribution in [0.2, 0.25) is 0 Å². The Balaban J connectivity index is 2.12. The molecular formula is C19H13F7N4O3. The van der Waals surface area contributed by atoms with Crippen LogP contribution in [0.3, 0.4) is 0 Å². The van der Waals surface area contributed by atoms with Gasteiger partial charge in [0.2, 0.25) is 5.82 Å². The molecule has 1 N–H and O–H groups in total. The van der Waals surface area contributed by atoms with Gasteiger partial charge in [-0.3, -0.25) is 0 Å². The van der Waals surface area contributed by atoms with Crippen molar-refractivity contribution in [3.63, 3.8) is 0 Å². The SMILES string of the molecule is CC(C)(Oc1cc(F)cc(-c2cc(C(=O)O)nn2-c2cnc(C(F)(F)F)nc2)c1)C(F)(F)F. The van der Waals surface area contributed by atoms with Gasteiger partial charge in [0.15, 0.2) is 11.3 Å². The first-order valence-corrected chi connectivity index (χ1v) is 8.88. The van der Waals surface area contributed by atoms with Crippen LogP contribution in [0.1, 0.15) is 30.2 Å². The van der Waals surface area contributed by atoms with E-state index in [-0.39, 0.29) is 16.9 Å². The third kappa shape index (κ3) is 5.04. The Hall–Kier alpha value is -3.71. The Morgan fingerprint density at radius 2 is 1.61 bits per heavy atom. The number of benzene rings is 1. The molecule has 0 saturated carbocycles. The Morgan fingerprint density at radius 3 is 2.12 bits per heavy atom. The number of ether oxygens (including phenoxy) is 1. The summed E-state index contributed by atoms with van der Waals surface area (Å²) in [5.41, 5.74) is -3.82. The molecule has 0 spiro atoms. The van der Waals surface area contributed by atoms with Gasteiger partial charge in [-0.2, -0.15) is 31.4 Å². The van der Waals surface area contributed by atoms with Gasteiger partial charge in [-0.05, 0) is 32.0 Å². The number of nitrogens with zero attached hydrogens (tertiary/aromatic N) is 4. The lowest BCUT2D eigenvalue weighted by Gasteiger charge is -2.29. The second kappa shape index (κ2) is 8.01. The van der Waals surface area contributed by atoms with Crippen LogP contribution in [-0.4, -0.2) is 42.6 Å². The van der Waals surface area contributed by atoms with E-state index >= 15 is 0 Å². The molecule has 1 aromatic carbocycles. The van der Waals surface area contributed by atoms with Crippen LogP contribution in [0.15, 0.2) is 36.7 Å². The van der Waals surface area contributed by atoms with Gasteiger partial charge in [0.25, 0.3) is 0 Å². The summed E-state index contributed by atoms with van der Waals surface area (Å²) in [7, 11) is 0. The number of carboxylic acid groups (broad SMARTS) is 1. The molecule has 176 valence electrons. The van der Waals surface area contributed by atoms with Crippen molar-refractivity contribution in [1.29, 1.82) is 0 Å². The van der Waals surface area contributed by atoms with E-state index in [0.29, 0.717) is 18.5 Å². The van der Waals surface area contributed by atoms with Crippen molar-refractivity contribution in [3.05, 3.63) is 54.0 Å². The van der Waals surface area contributed by atoms with Crippen LogP contribution in [0.5, 0.6) is 5.75 Å². The maximum Gasteiger partial charge on any atom is 0.451 e. The van der Waals surface area contributed by atoms with Crippen molar-refractivity contribution in [2.75, 3.05) is 0 Å². The summed E-state index contributed by atoms with van der Waals surface area (Å²) >= 11 is 0. The highest BCUT2D eigenvalue weighted by atomic mass is 19.4. The number of rotatable bonds is 5. The Bertz CT molecular complexity index is 1190. The molecule has 0 saturated heterocycles. The van der Waals surface area contributed by atoms with E-state index in [2.05, 4.69) is 15.1 Å². The highest BCUT2D eigenvalue weighted by molar-refractivity contribution is 5.87. The van der Waals surface area contributed by atoms with Crippen molar-refractivity contribution in [2.24, 2.45) is 0 Å². The number of aromatic carboxylic acids is 1. The van der Waals surface area contributed by atoms with E-state index in [0.717, 1.165) is 36.7 Å². The first-order valence-electron chi connectivity index (χ1n) is 8.88. The lowest BCUT2D eigenvalue weighted by atomic mass is 10.1. The first kappa shape index (κ1) is 23.9. The van der Waals surface area contributed by atoms with Crippen LogP contribution in [-0.2, 0) is 6.18 Å². The van der Waals surface area contributed by atoms with Gasteiger partial charge >= 0.3 is 18.3 Å². The molecule has 0 aliphatic heterocycles. The van der Waals surface area contributed by atoms with E-state index in [1.165, 1.54) is 0 Å². The molecule has 7 nitrogen and oxygen atoms in total. The lowest BCUT2D eigenvalue weighted by Crippen LogP contribution is -2.44. The number of hydrogen-bond donors (Lipinski definition) is 1. The molecule has 0 fully saturated rings. The quantitative estimate of drug-likeness (QED) is 0.525. The summed E-state index contributed by atoms with van der Waals surface area (Å²) < 4.78 is 97.5. The Morgan fingerprint density at radius 1 is 1.00 bits per heavy atom. The minimum absolute atomic E-state index is 0.164. The lowest BCUT2D eigenvalue weighted by molar-refractivity contribution is -0.234. The molecule has 33 heavy (non-hydrogen) atoms. The average molecular weight is 478 g/mol. The fraction of sp³-hybridized carbons (Fsp3) is 0.263. The van der Waals surface area contributed by atoms with Gasteiger partial charge in [-0.1, -0.05) is 0 Å². The third-order valence-corrected chi connectivity index (χ3v) is 4.29. The summed E-state index contributed by atoms with van der Waals surface area (Å²) in [6, 6.07) is 3.50. The standard InChI is InChI=1S/C19H13F7N4O3/c1-17(2,19(24,25)26)33-12-4-9(3-10(20)5-12)14-6-13(15(31)32)29-30(14)11-7-27-16(28-8-11)18(21,22)23/h3-8H,1-2H3,(H,31,32). The van der Waals surface area contributed by atoms with Crippen LogP contribution < -0.4 is 4.74 Å². The molecule has 0 unspecified atom stereocenters. The van der Waals surface area contributed by atoms with Crippen LogP contribution in [0, 0.1) is 5.82 Å². The minimum Gasteiger partial charge on any atom is -0.478 e. The molecule has 14 heteroatoms. The topological polar surface area (TPSA) is 90.1 Å². The fourth-order valence-electron chi connectivity index (χ4n) is 2.59. The van der Waals surface area contributed by atoms with Gasteiger partial charge in [0, 0.05) is 11.6 Å². The molecule has 0 bridgehead atoms. The molecular weight excluding hydrogens is 465 g/mol. The van der Waals surface area contributed by atoms with Gasteiger partial charge in [-0.25, -0.2) is 23.8 Å². The average Bonchev–Trinajstić information content (AvgIpc) is 3.11. The number of hydrogen-bond acceptors (Lipinski definition) is 5. The van der Waals surface area contributed by atoms with Crippen molar-refractivity contribution < 1.29 is 45.4 Å². The maximum atomic E-state index is 14.2. The summed E-state index contributed by atoms with van der Waals surface area (Å²) in [6.07, 6.45) is -8.21. The zero-order valence-electron chi connectivity index (χ0n) is 16.7. The molecule has 2 aromatic heterocycles. The molecule has 3 rings (SSSR count). The molecule has 0 amide bonds. The molecule has 2 heterocycles. The van der Waals surface area contributed by atoms with Gasteiger partial charge in [-0.15, -0.1) is 0 Å². The summed E-state index contributed by atoms with van der Waals surface area (Å²) in [5.74, 6) is -4.53. The number of aromatic nitrogens is 4.